The van der Waals surface area contributed by atoms with Crippen LogP contribution in [0.3, 0.4) is 0 Å². The van der Waals surface area contributed by atoms with Crippen molar-refractivity contribution in [1.82, 2.24) is 9.97 Å². The number of ether oxygens (including phenoxy) is 1. The third-order valence-corrected chi connectivity index (χ3v) is 7.20. The molecule has 1 fully saturated rings. The van der Waals surface area contributed by atoms with Crippen molar-refractivity contribution in [1.29, 1.82) is 0 Å². The number of methoxy groups -OCH3 is 1. The van der Waals surface area contributed by atoms with Crippen LogP contribution in [-0.4, -0.2) is 46.7 Å². The van der Waals surface area contributed by atoms with E-state index in [1.54, 1.807) is 25.7 Å². The number of rotatable bonds is 5. The molecule has 1 atom stereocenters. The molecule has 6 rings (SSSR count). The molecule has 0 bridgehead atoms. The van der Waals surface area contributed by atoms with Crippen LogP contribution in [0.5, 0.6) is 0 Å². The standard InChI is InChI=1S/C29H29FN6O/c1-37-22-12-8-20(9-13-22)33-25-17-28-26(16-24(25)35-29-18-31-14-15-32-29)34-23-4-2-3-5-27(23)36(28)21-10-6-19(30)7-11-21/h2-3,5-7,10-11,14-18,20,22-23H,4,8-9,12-13H2,1H3,(H,32,35). The minimum Gasteiger partial charge on any atom is -0.381 e. The van der Waals surface area contributed by atoms with Crippen molar-refractivity contribution in [3.05, 3.63) is 96.1 Å². The van der Waals surface area contributed by atoms with E-state index >= 15 is 0 Å². The van der Waals surface area contributed by atoms with E-state index in [0.717, 1.165) is 66.3 Å². The second-order valence-corrected chi connectivity index (χ2v) is 9.58. The molecule has 3 aliphatic carbocycles. The number of allylic oxidation sites excluding steroid dienone is 4. The summed E-state index contributed by atoms with van der Waals surface area (Å²) in [7, 11) is 1.78. The highest BCUT2D eigenvalue weighted by Crippen LogP contribution is 2.37. The Kier molecular flexibility index (Phi) is 6.49. The first-order chi connectivity index (χ1) is 18.2. The first-order valence-electron chi connectivity index (χ1n) is 12.8. The molecule has 1 saturated carbocycles. The molecule has 0 radical (unpaired) electrons. The summed E-state index contributed by atoms with van der Waals surface area (Å²) in [6.45, 7) is 0. The third-order valence-electron chi connectivity index (χ3n) is 7.20. The Bertz CT molecular complexity index is 1330. The SMILES string of the molecule is COC1CCC(N=C2C=C3C(=NC4CC=CC=C4N3c3ccc(F)cc3)C=C2Nc2cnccn2)CC1. The lowest BCUT2D eigenvalue weighted by Crippen LogP contribution is -2.40. The summed E-state index contributed by atoms with van der Waals surface area (Å²) in [5.41, 5.74) is 5.44. The highest BCUT2D eigenvalue weighted by Gasteiger charge is 2.34. The Hall–Kier alpha value is -3.91. The smallest absolute Gasteiger partial charge is 0.148 e. The largest absolute Gasteiger partial charge is 0.381 e. The zero-order valence-electron chi connectivity index (χ0n) is 20.7. The van der Waals surface area contributed by atoms with E-state index in [1.807, 2.05) is 12.1 Å². The molecule has 2 aromatic rings. The lowest BCUT2D eigenvalue weighted by atomic mass is 9.92. The topological polar surface area (TPSA) is 75.0 Å². The number of benzene rings is 1. The van der Waals surface area contributed by atoms with Gasteiger partial charge in [-0.25, -0.2) is 9.37 Å². The fourth-order valence-electron chi connectivity index (χ4n) is 5.30. The molecule has 37 heavy (non-hydrogen) atoms. The highest BCUT2D eigenvalue weighted by atomic mass is 19.1. The van der Waals surface area contributed by atoms with Gasteiger partial charge in [0.1, 0.15) is 11.6 Å². The third kappa shape index (κ3) is 4.89. The van der Waals surface area contributed by atoms with Gasteiger partial charge in [-0.1, -0.05) is 12.2 Å². The van der Waals surface area contributed by atoms with Crippen LogP contribution < -0.4 is 10.2 Å². The number of fused-ring (bicyclic) bond motifs is 2. The second kappa shape index (κ2) is 10.2. The fourth-order valence-corrected chi connectivity index (χ4v) is 5.30. The van der Waals surface area contributed by atoms with E-state index < -0.39 is 0 Å². The van der Waals surface area contributed by atoms with Gasteiger partial charge in [0.2, 0.25) is 0 Å². The maximum atomic E-state index is 13.8. The summed E-state index contributed by atoms with van der Waals surface area (Å²) in [5.74, 6) is 0.389. The number of halogens is 1. The van der Waals surface area contributed by atoms with E-state index in [9.17, 15) is 4.39 Å². The zero-order chi connectivity index (χ0) is 25.2. The van der Waals surface area contributed by atoms with Gasteiger partial charge in [-0.3, -0.25) is 15.0 Å². The van der Waals surface area contributed by atoms with Crippen LogP contribution in [-0.2, 0) is 4.74 Å². The molecule has 0 amide bonds. The second-order valence-electron chi connectivity index (χ2n) is 9.58. The molecular formula is C29H29FN6O. The van der Waals surface area contributed by atoms with Gasteiger partial charge >= 0.3 is 0 Å². The molecule has 188 valence electrons. The molecule has 1 unspecified atom stereocenters. The molecule has 1 aromatic carbocycles. The fraction of sp³-hybridized carbons (Fsp3) is 0.310. The van der Waals surface area contributed by atoms with Crippen molar-refractivity contribution in [3.8, 4) is 0 Å². The van der Waals surface area contributed by atoms with Crippen molar-refractivity contribution in [2.24, 2.45) is 9.98 Å². The van der Waals surface area contributed by atoms with Crippen LogP contribution in [0, 0.1) is 5.82 Å². The molecular weight excluding hydrogens is 467 g/mol. The van der Waals surface area contributed by atoms with Gasteiger partial charge < -0.3 is 15.0 Å². The van der Waals surface area contributed by atoms with Gasteiger partial charge in [-0.2, -0.15) is 0 Å². The summed E-state index contributed by atoms with van der Waals surface area (Å²) in [5, 5.41) is 3.42. The predicted octanol–water partition coefficient (Wildman–Crippen LogP) is 5.38. The van der Waals surface area contributed by atoms with Crippen molar-refractivity contribution >= 4 is 22.9 Å². The molecule has 8 heteroatoms. The lowest BCUT2D eigenvalue weighted by molar-refractivity contribution is 0.0667. The Labute approximate surface area is 215 Å². The average molecular weight is 497 g/mol. The number of hydrogen-bond donors (Lipinski definition) is 1. The van der Waals surface area contributed by atoms with Crippen LogP contribution in [0.25, 0.3) is 0 Å². The van der Waals surface area contributed by atoms with E-state index in [0.29, 0.717) is 11.9 Å². The predicted molar refractivity (Wildman–Crippen MR) is 144 cm³/mol. The van der Waals surface area contributed by atoms with E-state index in [-0.39, 0.29) is 17.9 Å². The molecule has 1 N–H and O–H groups in total. The van der Waals surface area contributed by atoms with Crippen LogP contribution in [0.1, 0.15) is 32.1 Å². The molecule has 4 aliphatic rings. The van der Waals surface area contributed by atoms with E-state index in [2.05, 4.69) is 50.6 Å². The van der Waals surface area contributed by atoms with Gasteiger partial charge in [0.15, 0.2) is 0 Å². The number of hydrogen-bond acceptors (Lipinski definition) is 7. The maximum absolute atomic E-state index is 13.8. The van der Waals surface area contributed by atoms with E-state index in [4.69, 9.17) is 14.7 Å². The van der Waals surface area contributed by atoms with Gasteiger partial charge in [-0.15, -0.1) is 0 Å². The first-order valence-corrected chi connectivity index (χ1v) is 12.8. The Balaban J connectivity index is 1.43. The monoisotopic (exact) mass is 496 g/mol. The number of anilines is 2. The van der Waals surface area contributed by atoms with Crippen molar-refractivity contribution in [2.45, 2.75) is 50.3 Å². The number of aromatic nitrogens is 2. The van der Waals surface area contributed by atoms with E-state index in [1.165, 1.54) is 12.1 Å². The van der Waals surface area contributed by atoms with Gasteiger partial charge in [-0.05, 0) is 74.6 Å². The number of nitrogens with zero attached hydrogens (tertiary/aromatic N) is 5. The van der Waals surface area contributed by atoms with Crippen molar-refractivity contribution in [3.63, 3.8) is 0 Å². The summed E-state index contributed by atoms with van der Waals surface area (Å²) in [6.07, 6.45) is 20.5. The Morgan fingerprint density at radius 1 is 1.08 bits per heavy atom. The maximum Gasteiger partial charge on any atom is 0.148 e. The molecule has 0 spiro atoms. The minimum atomic E-state index is -0.259. The summed E-state index contributed by atoms with van der Waals surface area (Å²) in [6, 6.07) is 6.82. The van der Waals surface area contributed by atoms with Gasteiger partial charge in [0, 0.05) is 30.9 Å². The van der Waals surface area contributed by atoms with Gasteiger partial charge in [0.05, 0.1) is 47.2 Å². The quantitative estimate of drug-likeness (QED) is 0.563. The molecule has 7 nitrogen and oxygen atoms in total. The summed E-state index contributed by atoms with van der Waals surface area (Å²) < 4.78 is 19.4. The minimum absolute atomic E-state index is 0.0148. The Morgan fingerprint density at radius 2 is 1.92 bits per heavy atom. The van der Waals surface area contributed by atoms with Crippen LogP contribution >= 0.6 is 0 Å². The average Bonchev–Trinajstić information content (AvgIpc) is 2.94. The van der Waals surface area contributed by atoms with Crippen LogP contribution in [0.2, 0.25) is 0 Å². The Morgan fingerprint density at radius 3 is 2.68 bits per heavy atom. The van der Waals surface area contributed by atoms with Crippen LogP contribution in [0.15, 0.2) is 100 Å². The highest BCUT2D eigenvalue weighted by molar-refractivity contribution is 6.26. The molecule has 2 heterocycles. The lowest BCUT2D eigenvalue weighted by Gasteiger charge is -2.39. The first kappa shape index (κ1) is 23.5. The number of aliphatic imine (C=N–C) groups is 2. The normalized spacial score (nSPS) is 25.9. The van der Waals surface area contributed by atoms with Gasteiger partial charge in [0.25, 0.3) is 0 Å². The molecule has 1 aromatic heterocycles. The van der Waals surface area contributed by atoms with Crippen molar-refractivity contribution in [2.75, 3.05) is 17.3 Å². The molecule has 0 saturated heterocycles. The van der Waals surface area contributed by atoms with Crippen molar-refractivity contribution < 1.29 is 9.13 Å². The molecule has 1 aliphatic heterocycles. The summed E-state index contributed by atoms with van der Waals surface area (Å²) >= 11 is 0. The zero-order valence-corrected chi connectivity index (χ0v) is 20.7. The summed E-state index contributed by atoms with van der Waals surface area (Å²) in [4.78, 5) is 21.1. The number of nitrogens with one attached hydrogen (secondary N) is 1. The van der Waals surface area contributed by atoms with Crippen LogP contribution in [0.4, 0.5) is 15.9 Å².